The van der Waals surface area contributed by atoms with Crippen LogP contribution in [-0.2, 0) is 4.79 Å². The van der Waals surface area contributed by atoms with Crippen molar-refractivity contribution in [2.45, 2.75) is 19.8 Å². The smallest absolute Gasteiger partial charge is 0.271 e. The lowest BCUT2D eigenvalue weighted by atomic mass is 9.95. The van der Waals surface area contributed by atoms with Crippen molar-refractivity contribution in [3.05, 3.63) is 60.6 Å². The number of H-pyrrole nitrogens is 1. The van der Waals surface area contributed by atoms with Crippen LogP contribution < -0.4 is 10.1 Å². The van der Waals surface area contributed by atoms with E-state index >= 15 is 0 Å². The Labute approximate surface area is 180 Å². The number of likely N-dealkylation sites (tertiary alicyclic amines) is 1. The molecule has 0 bridgehead atoms. The molecule has 8 nitrogen and oxygen atoms in total. The highest BCUT2D eigenvalue weighted by Crippen LogP contribution is 2.27. The van der Waals surface area contributed by atoms with Gasteiger partial charge in [0.15, 0.2) is 0 Å². The van der Waals surface area contributed by atoms with Crippen LogP contribution in [0, 0.1) is 5.92 Å². The summed E-state index contributed by atoms with van der Waals surface area (Å²) in [6.45, 7) is 3.48. The summed E-state index contributed by atoms with van der Waals surface area (Å²) >= 11 is 0. The molecule has 2 N–H and O–H groups in total. The summed E-state index contributed by atoms with van der Waals surface area (Å²) in [5, 5.41) is 10.0. The molecule has 0 aliphatic carbocycles. The van der Waals surface area contributed by atoms with Gasteiger partial charge in [-0.15, -0.1) is 0 Å². The average Bonchev–Trinajstić information content (AvgIpc) is 3.31. The SMILES string of the molecule is CCOc1ccccc1NC(=O)C1CCN(C(=O)c2cc(-c3cccnc3)n[nH]2)CC1. The second-order valence-electron chi connectivity index (χ2n) is 7.39. The number of piperidine rings is 1. The molecule has 1 aliphatic heterocycles. The van der Waals surface area contributed by atoms with Crippen molar-refractivity contribution < 1.29 is 14.3 Å². The largest absolute Gasteiger partial charge is 0.492 e. The number of carbonyl (C=O) groups is 2. The van der Waals surface area contributed by atoms with Gasteiger partial charge in [-0.3, -0.25) is 19.7 Å². The highest BCUT2D eigenvalue weighted by atomic mass is 16.5. The number of carbonyl (C=O) groups excluding carboxylic acids is 2. The van der Waals surface area contributed by atoms with E-state index in [-0.39, 0.29) is 17.7 Å². The van der Waals surface area contributed by atoms with Crippen molar-refractivity contribution in [3.63, 3.8) is 0 Å². The van der Waals surface area contributed by atoms with Gasteiger partial charge in [-0.2, -0.15) is 5.10 Å². The van der Waals surface area contributed by atoms with E-state index in [1.165, 1.54) is 0 Å². The van der Waals surface area contributed by atoms with Crippen molar-refractivity contribution in [2.75, 3.05) is 25.0 Å². The van der Waals surface area contributed by atoms with Gasteiger partial charge >= 0.3 is 0 Å². The lowest BCUT2D eigenvalue weighted by Gasteiger charge is -2.31. The van der Waals surface area contributed by atoms with Crippen LogP contribution in [0.4, 0.5) is 5.69 Å². The van der Waals surface area contributed by atoms with E-state index in [0.29, 0.717) is 55.4 Å². The van der Waals surface area contributed by atoms with E-state index in [4.69, 9.17) is 4.74 Å². The molecule has 3 heterocycles. The lowest BCUT2D eigenvalue weighted by molar-refractivity contribution is -0.121. The molecule has 31 heavy (non-hydrogen) atoms. The average molecular weight is 419 g/mol. The molecule has 8 heteroatoms. The fourth-order valence-corrected chi connectivity index (χ4v) is 3.69. The standard InChI is InChI=1S/C23H25N5O3/c1-2-31-21-8-4-3-7-18(21)25-22(29)16-9-12-28(13-10-16)23(30)20-14-19(26-27-20)17-6-5-11-24-15-17/h3-8,11,14-16H,2,9-10,12-13H2,1H3,(H,25,29)(H,26,27). The van der Waals surface area contributed by atoms with Gasteiger partial charge in [-0.1, -0.05) is 12.1 Å². The van der Waals surface area contributed by atoms with Gasteiger partial charge in [0.1, 0.15) is 11.4 Å². The van der Waals surface area contributed by atoms with E-state index in [1.54, 1.807) is 23.4 Å². The number of pyridine rings is 1. The number of aromatic nitrogens is 3. The lowest BCUT2D eigenvalue weighted by Crippen LogP contribution is -2.41. The summed E-state index contributed by atoms with van der Waals surface area (Å²) in [5.41, 5.74) is 2.64. The van der Waals surface area contributed by atoms with Crippen LogP contribution in [0.3, 0.4) is 0 Å². The molecule has 0 atom stereocenters. The maximum absolute atomic E-state index is 12.9. The summed E-state index contributed by atoms with van der Waals surface area (Å²) in [5.74, 6) is 0.365. The van der Waals surface area contributed by atoms with Gasteiger partial charge in [0.25, 0.3) is 5.91 Å². The van der Waals surface area contributed by atoms with Gasteiger partial charge in [0, 0.05) is 37.0 Å². The molecule has 2 amide bonds. The third kappa shape index (κ3) is 4.74. The fraction of sp³-hybridized carbons (Fsp3) is 0.304. The summed E-state index contributed by atoms with van der Waals surface area (Å²) in [4.78, 5) is 31.4. The fourth-order valence-electron chi connectivity index (χ4n) is 3.69. The molecule has 0 radical (unpaired) electrons. The number of benzene rings is 1. The molecular formula is C23H25N5O3. The highest BCUT2D eigenvalue weighted by Gasteiger charge is 2.29. The zero-order valence-corrected chi connectivity index (χ0v) is 17.4. The number of rotatable bonds is 6. The molecule has 3 aromatic rings. The van der Waals surface area contributed by atoms with Crippen LogP contribution in [-0.4, -0.2) is 51.6 Å². The van der Waals surface area contributed by atoms with Gasteiger partial charge in [0.2, 0.25) is 5.91 Å². The molecular weight excluding hydrogens is 394 g/mol. The minimum Gasteiger partial charge on any atom is -0.492 e. The molecule has 0 unspecified atom stereocenters. The van der Waals surface area contributed by atoms with Crippen LogP contribution in [0.2, 0.25) is 0 Å². The number of aromatic amines is 1. The summed E-state index contributed by atoms with van der Waals surface area (Å²) < 4.78 is 5.58. The van der Waals surface area contributed by atoms with E-state index in [9.17, 15) is 9.59 Å². The molecule has 160 valence electrons. The summed E-state index contributed by atoms with van der Waals surface area (Å²) in [6, 6.07) is 12.9. The van der Waals surface area contributed by atoms with E-state index in [2.05, 4.69) is 20.5 Å². The Kier molecular flexibility index (Phi) is 6.26. The van der Waals surface area contributed by atoms with Crippen molar-refractivity contribution in [3.8, 4) is 17.0 Å². The number of nitrogens with one attached hydrogen (secondary N) is 2. The van der Waals surface area contributed by atoms with Crippen LogP contribution in [0.1, 0.15) is 30.3 Å². The van der Waals surface area contributed by atoms with Crippen molar-refractivity contribution in [1.29, 1.82) is 0 Å². The van der Waals surface area contributed by atoms with Crippen molar-refractivity contribution >= 4 is 17.5 Å². The van der Waals surface area contributed by atoms with Gasteiger partial charge in [0.05, 0.1) is 18.0 Å². The molecule has 1 saturated heterocycles. The number of hydrogen-bond acceptors (Lipinski definition) is 5. The number of anilines is 1. The Morgan fingerprint density at radius 2 is 2.00 bits per heavy atom. The van der Waals surface area contributed by atoms with Crippen LogP contribution in [0.25, 0.3) is 11.3 Å². The maximum Gasteiger partial charge on any atom is 0.271 e. The Morgan fingerprint density at radius 3 is 2.74 bits per heavy atom. The first-order valence-electron chi connectivity index (χ1n) is 10.4. The monoisotopic (exact) mass is 419 g/mol. The summed E-state index contributed by atoms with van der Waals surface area (Å²) in [7, 11) is 0. The molecule has 2 aromatic heterocycles. The second kappa shape index (κ2) is 9.42. The summed E-state index contributed by atoms with van der Waals surface area (Å²) in [6.07, 6.45) is 4.62. The third-order valence-corrected chi connectivity index (χ3v) is 5.36. The predicted molar refractivity (Wildman–Crippen MR) is 117 cm³/mol. The topological polar surface area (TPSA) is 100 Å². The van der Waals surface area contributed by atoms with Crippen molar-refractivity contribution in [1.82, 2.24) is 20.1 Å². The number of amides is 2. The highest BCUT2D eigenvalue weighted by molar-refractivity contribution is 5.95. The molecule has 1 fully saturated rings. The minimum atomic E-state index is -0.147. The van der Waals surface area contributed by atoms with Gasteiger partial charge in [-0.25, -0.2) is 0 Å². The number of nitrogens with zero attached hydrogens (tertiary/aromatic N) is 3. The molecule has 4 rings (SSSR count). The van der Waals surface area contributed by atoms with E-state index in [0.717, 1.165) is 5.56 Å². The van der Waals surface area contributed by atoms with Crippen LogP contribution in [0.15, 0.2) is 54.9 Å². The first kappa shape index (κ1) is 20.6. The number of ether oxygens (including phenoxy) is 1. The van der Waals surface area contributed by atoms with Crippen LogP contribution in [0.5, 0.6) is 5.75 Å². The third-order valence-electron chi connectivity index (χ3n) is 5.36. The van der Waals surface area contributed by atoms with E-state index in [1.807, 2.05) is 43.3 Å². The molecule has 0 saturated carbocycles. The zero-order valence-electron chi connectivity index (χ0n) is 17.4. The Morgan fingerprint density at radius 1 is 1.19 bits per heavy atom. The number of hydrogen-bond donors (Lipinski definition) is 2. The predicted octanol–water partition coefficient (Wildman–Crippen LogP) is 3.36. The maximum atomic E-state index is 12.9. The molecule has 0 spiro atoms. The number of para-hydroxylation sites is 2. The van der Waals surface area contributed by atoms with E-state index < -0.39 is 0 Å². The zero-order chi connectivity index (χ0) is 21.6. The Bertz CT molecular complexity index is 1040. The minimum absolute atomic E-state index is 0.0420. The first-order chi connectivity index (χ1) is 15.2. The van der Waals surface area contributed by atoms with Crippen LogP contribution >= 0.6 is 0 Å². The normalized spacial score (nSPS) is 14.3. The van der Waals surface area contributed by atoms with Gasteiger partial charge < -0.3 is 15.0 Å². The molecule has 1 aliphatic rings. The Balaban J connectivity index is 1.34. The van der Waals surface area contributed by atoms with Crippen molar-refractivity contribution in [2.24, 2.45) is 5.92 Å². The first-order valence-corrected chi connectivity index (χ1v) is 10.4. The second-order valence-corrected chi connectivity index (χ2v) is 7.39. The Hall–Kier alpha value is -3.68. The van der Waals surface area contributed by atoms with Gasteiger partial charge in [-0.05, 0) is 50.1 Å². The quantitative estimate of drug-likeness (QED) is 0.638. The molecule has 1 aromatic carbocycles.